The summed E-state index contributed by atoms with van der Waals surface area (Å²) in [5.41, 5.74) is 0.880. The summed E-state index contributed by atoms with van der Waals surface area (Å²) in [6, 6.07) is 4.83. The van der Waals surface area contributed by atoms with Crippen LogP contribution in [0.2, 0.25) is 0 Å². The fraction of sp³-hybridized carbons (Fsp3) is 0.417. The summed E-state index contributed by atoms with van der Waals surface area (Å²) in [7, 11) is 0. The Morgan fingerprint density at radius 2 is 2.39 bits per heavy atom. The topological polar surface area (TPSA) is 78.8 Å². The summed E-state index contributed by atoms with van der Waals surface area (Å²) in [5.74, 6) is 0.547. The third-order valence-corrected chi connectivity index (χ3v) is 3.88. The van der Waals surface area contributed by atoms with Crippen molar-refractivity contribution >= 4 is 17.7 Å². The summed E-state index contributed by atoms with van der Waals surface area (Å²) in [4.78, 5) is 10.9. The van der Waals surface area contributed by atoms with Crippen molar-refractivity contribution in [2.75, 3.05) is 12.4 Å². The van der Waals surface area contributed by atoms with Crippen molar-refractivity contribution in [1.82, 2.24) is 5.32 Å². The number of carboxylic acids is 1. The molecule has 1 aromatic carbocycles. The average Bonchev–Trinajstić information content (AvgIpc) is 2.79. The second-order valence-electron chi connectivity index (χ2n) is 3.93. The standard InChI is InChI=1S/C12H15NO4S/c1-2-17-10-5-7(14)3-4-8(10)9-6-18-11(13-9)12(15)16/h3-5,9,11,13-14H,2,6H2,1H3,(H,15,16)/t9-,11+/m0/s1. The fourth-order valence-corrected chi connectivity index (χ4v) is 2.95. The Labute approximate surface area is 109 Å². The van der Waals surface area contributed by atoms with E-state index in [1.165, 1.54) is 11.8 Å². The van der Waals surface area contributed by atoms with Gasteiger partial charge in [0.25, 0.3) is 0 Å². The number of phenols is 1. The average molecular weight is 269 g/mol. The van der Waals surface area contributed by atoms with Crippen molar-refractivity contribution in [3.63, 3.8) is 0 Å². The van der Waals surface area contributed by atoms with Gasteiger partial charge in [-0.2, -0.15) is 0 Å². The van der Waals surface area contributed by atoms with Crippen molar-refractivity contribution < 1.29 is 19.7 Å². The second kappa shape index (κ2) is 5.49. The van der Waals surface area contributed by atoms with E-state index in [4.69, 9.17) is 9.84 Å². The Morgan fingerprint density at radius 1 is 1.61 bits per heavy atom. The van der Waals surface area contributed by atoms with E-state index in [9.17, 15) is 9.90 Å². The SMILES string of the molecule is CCOc1cc(O)ccc1[C@@H]1CS[C@H](C(=O)O)N1. The fourth-order valence-electron chi connectivity index (χ4n) is 1.88. The van der Waals surface area contributed by atoms with Gasteiger partial charge in [0, 0.05) is 23.4 Å². The van der Waals surface area contributed by atoms with Crippen molar-refractivity contribution in [3.05, 3.63) is 23.8 Å². The summed E-state index contributed by atoms with van der Waals surface area (Å²) in [5, 5.41) is 20.8. The highest BCUT2D eigenvalue weighted by molar-refractivity contribution is 8.00. The Hall–Kier alpha value is -1.40. The highest BCUT2D eigenvalue weighted by atomic mass is 32.2. The molecule has 3 N–H and O–H groups in total. The Bertz CT molecular complexity index is 452. The van der Waals surface area contributed by atoms with E-state index in [-0.39, 0.29) is 11.8 Å². The highest BCUT2D eigenvalue weighted by Crippen LogP contribution is 2.35. The first-order chi connectivity index (χ1) is 8.61. The lowest BCUT2D eigenvalue weighted by Crippen LogP contribution is -2.30. The molecule has 0 spiro atoms. The molecule has 1 aliphatic rings. The maximum Gasteiger partial charge on any atom is 0.331 e. The van der Waals surface area contributed by atoms with Crippen LogP contribution in [-0.4, -0.2) is 33.9 Å². The van der Waals surface area contributed by atoms with Crippen LogP contribution in [0.15, 0.2) is 18.2 Å². The molecule has 0 unspecified atom stereocenters. The van der Waals surface area contributed by atoms with Gasteiger partial charge in [0.15, 0.2) is 5.37 Å². The van der Waals surface area contributed by atoms with Crippen molar-refractivity contribution in [2.24, 2.45) is 0 Å². The number of hydrogen-bond acceptors (Lipinski definition) is 5. The third kappa shape index (κ3) is 2.70. The van der Waals surface area contributed by atoms with Gasteiger partial charge in [-0.1, -0.05) is 6.07 Å². The van der Waals surface area contributed by atoms with Crippen LogP contribution < -0.4 is 10.1 Å². The number of rotatable bonds is 4. The molecule has 6 heteroatoms. The lowest BCUT2D eigenvalue weighted by molar-refractivity contribution is -0.137. The van der Waals surface area contributed by atoms with E-state index < -0.39 is 11.3 Å². The molecule has 1 aromatic rings. The third-order valence-electron chi connectivity index (χ3n) is 2.68. The van der Waals surface area contributed by atoms with Gasteiger partial charge in [-0.3, -0.25) is 5.32 Å². The molecule has 1 saturated heterocycles. The van der Waals surface area contributed by atoms with Crippen molar-refractivity contribution in [2.45, 2.75) is 18.3 Å². The van der Waals surface area contributed by atoms with Crippen LogP contribution in [0.3, 0.4) is 0 Å². The number of thioether (sulfide) groups is 1. The van der Waals surface area contributed by atoms with Gasteiger partial charge in [0.1, 0.15) is 11.5 Å². The lowest BCUT2D eigenvalue weighted by atomic mass is 10.1. The van der Waals surface area contributed by atoms with Crippen LogP contribution >= 0.6 is 11.8 Å². The number of ether oxygens (including phenoxy) is 1. The first-order valence-corrected chi connectivity index (χ1v) is 6.73. The molecular formula is C12H15NO4S. The van der Waals surface area contributed by atoms with Crippen LogP contribution in [-0.2, 0) is 4.79 Å². The Balaban J connectivity index is 2.20. The molecule has 1 fully saturated rings. The van der Waals surface area contributed by atoms with Gasteiger partial charge in [0.2, 0.25) is 0 Å². The normalized spacial score (nSPS) is 22.9. The summed E-state index contributed by atoms with van der Waals surface area (Å²) in [6.45, 7) is 2.36. The molecule has 0 radical (unpaired) electrons. The number of benzene rings is 1. The molecule has 2 rings (SSSR count). The predicted molar refractivity (Wildman–Crippen MR) is 69.0 cm³/mol. The number of aliphatic carboxylic acids is 1. The van der Waals surface area contributed by atoms with E-state index in [1.807, 2.05) is 6.92 Å². The molecule has 2 atom stereocenters. The molecule has 0 amide bonds. The van der Waals surface area contributed by atoms with Gasteiger partial charge in [0.05, 0.1) is 6.61 Å². The minimum atomic E-state index is -0.862. The first-order valence-electron chi connectivity index (χ1n) is 5.68. The zero-order chi connectivity index (χ0) is 13.1. The minimum Gasteiger partial charge on any atom is -0.508 e. The van der Waals surface area contributed by atoms with Crippen LogP contribution in [0, 0.1) is 0 Å². The molecule has 0 saturated carbocycles. The number of carbonyl (C=O) groups is 1. The number of nitrogens with one attached hydrogen (secondary N) is 1. The molecule has 98 valence electrons. The Morgan fingerprint density at radius 3 is 3.00 bits per heavy atom. The second-order valence-corrected chi connectivity index (χ2v) is 5.06. The smallest absolute Gasteiger partial charge is 0.331 e. The molecule has 18 heavy (non-hydrogen) atoms. The minimum absolute atomic E-state index is 0.0711. The van der Waals surface area contributed by atoms with Crippen molar-refractivity contribution in [1.29, 1.82) is 0 Å². The van der Waals surface area contributed by atoms with E-state index in [2.05, 4.69) is 5.32 Å². The Kier molecular flexibility index (Phi) is 3.98. The zero-order valence-corrected chi connectivity index (χ0v) is 10.7. The number of carboxylic acid groups (broad SMARTS) is 1. The lowest BCUT2D eigenvalue weighted by Gasteiger charge is -2.16. The van der Waals surface area contributed by atoms with Crippen LogP contribution in [0.25, 0.3) is 0 Å². The van der Waals surface area contributed by atoms with Gasteiger partial charge >= 0.3 is 5.97 Å². The van der Waals surface area contributed by atoms with Crippen LogP contribution in [0.4, 0.5) is 0 Å². The quantitative estimate of drug-likeness (QED) is 0.770. The number of hydrogen-bond donors (Lipinski definition) is 3. The van der Waals surface area contributed by atoms with Gasteiger partial charge in [-0.25, -0.2) is 4.79 Å². The first kappa shape index (κ1) is 13.0. The summed E-state index contributed by atoms with van der Waals surface area (Å²) in [6.07, 6.45) is 0. The molecule has 5 nitrogen and oxygen atoms in total. The van der Waals surface area contributed by atoms with Crippen molar-refractivity contribution in [3.8, 4) is 11.5 Å². The summed E-state index contributed by atoms with van der Waals surface area (Å²) >= 11 is 1.36. The van der Waals surface area contributed by atoms with Crippen LogP contribution in [0.1, 0.15) is 18.5 Å². The number of aromatic hydroxyl groups is 1. The maximum atomic E-state index is 10.9. The van der Waals surface area contributed by atoms with E-state index in [0.29, 0.717) is 18.1 Å². The monoisotopic (exact) mass is 269 g/mol. The van der Waals surface area contributed by atoms with E-state index >= 15 is 0 Å². The van der Waals surface area contributed by atoms with Crippen LogP contribution in [0.5, 0.6) is 11.5 Å². The summed E-state index contributed by atoms with van der Waals surface area (Å²) < 4.78 is 5.47. The molecule has 0 aliphatic carbocycles. The predicted octanol–water partition coefficient (Wildman–Crippen LogP) is 1.58. The maximum absolute atomic E-state index is 10.9. The van der Waals surface area contributed by atoms with Gasteiger partial charge in [-0.15, -0.1) is 11.8 Å². The molecule has 1 aliphatic heterocycles. The van der Waals surface area contributed by atoms with Gasteiger partial charge < -0.3 is 14.9 Å². The van der Waals surface area contributed by atoms with Gasteiger partial charge in [-0.05, 0) is 13.0 Å². The highest BCUT2D eigenvalue weighted by Gasteiger charge is 2.31. The largest absolute Gasteiger partial charge is 0.508 e. The molecule has 0 aromatic heterocycles. The number of phenolic OH excluding ortho intramolecular Hbond substituents is 1. The van der Waals surface area contributed by atoms with E-state index in [0.717, 1.165) is 5.56 Å². The molecular weight excluding hydrogens is 254 g/mol. The molecule has 1 heterocycles. The zero-order valence-electron chi connectivity index (χ0n) is 9.92. The molecule has 0 bridgehead atoms. The van der Waals surface area contributed by atoms with E-state index in [1.54, 1.807) is 18.2 Å².